The predicted molar refractivity (Wildman–Crippen MR) is 98.3 cm³/mol. The molecule has 0 atom stereocenters. The van der Waals surface area contributed by atoms with E-state index in [1.54, 1.807) is 0 Å². The lowest BCUT2D eigenvalue weighted by molar-refractivity contribution is 0.449. The van der Waals surface area contributed by atoms with Crippen LogP contribution in [-0.4, -0.2) is 12.1 Å². The van der Waals surface area contributed by atoms with Crippen molar-refractivity contribution >= 4 is 17.2 Å². The van der Waals surface area contributed by atoms with Crippen molar-refractivity contribution in [3.05, 3.63) is 65.2 Å². The van der Waals surface area contributed by atoms with E-state index < -0.39 is 0 Å². The fourth-order valence-electron chi connectivity index (χ4n) is 2.20. The molecule has 1 nitrogen and oxygen atoms in total. The van der Waals surface area contributed by atoms with Crippen molar-refractivity contribution in [2.24, 2.45) is 0 Å². The molecule has 0 fully saturated rings. The number of halogens is 1. The highest BCUT2D eigenvalue weighted by molar-refractivity contribution is 6.30. The van der Waals surface area contributed by atoms with Gasteiger partial charge in [0.1, 0.15) is 0 Å². The van der Waals surface area contributed by atoms with Gasteiger partial charge in [-0.1, -0.05) is 54.1 Å². The molecule has 0 aliphatic carbocycles. The Hall–Kier alpha value is -1.57. The van der Waals surface area contributed by atoms with Crippen molar-refractivity contribution in [2.75, 3.05) is 6.54 Å². The Bertz CT molecular complexity index is 631. The molecule has 2 aromatic carbocycles. The van der Waals surface area contributed by atoms with Crippen LogP contribution >= 0.6 is 11.6 Å². The number of nitrogens with one attached hydrogen (secondary N) is 1. The van der Waals surface area contributed by atoms with E-state index in [9.17, 15) is 0 Å². The predicted octanol–water partition coefficient (Wildman–Crippen LogP) is 5.80. The number of allylic oxidation sites excluding steroid dienone is 1. The van der Waals surface area contributed by atoms with E-state index in [0.717, 1.165) is 11.6 Å². The third-order valence-corrected chi connectivity index (χ3v) is 3.81. The molecule has 2 heteroatoms. The monoisotopic (exact) mass is 313 g/mol. The van der Waals surface area contributed by atoms with Crippen LogP contribution in [0.4, 0.5) is 0 Å². The van der Waals surface area contributed by atoms with E-state index in [0.29, 0.717) is 0 Å². The summed E-state index contributed by atoms with van der Waals surface area (Å²) in [6.07, 6.45) is 2.24. The van der Waals surface area contributed by atoms with E-state index >= 15 is 0 Å². The molecule has 0 heterocycles. The first-order valence-electron chi connectivity index (χ1n) is 7.63. The molecule has 0 unspecified atom stereocenters. The molecular weight excluding hydrogens is 290 g/mol. The first-order chi connectivity index (χ1) is 10.3. The standard InChI is InChI=1S/C20H24ClN/c1-15(13-14-22-20(2,3)4)16-5-7-17(8-6-16)18-9-11-19(21)12-10-18/h5-13,22H,14H2,1-4H3. The van der Waals surface area contributed by atoms with Crippen molar-refractivity contribution in [1.29, 1.82) is 0 Å². The highest BCUT2D eigenvalue weighted by Gasteiger charge is 2.06. The van der Waals surface area contributed by atoms with Gasteiger partial charge in [0, 0.05) is 17.1 Å². The van der Waals surface area contributed by atoms with Crippen LogP contribution in [0.3, 0.4) is 0 Å². The molecule has 0 radical (unpaired) electrons. The third-order valence-electron chi connectivity index (χ3n) is 3.56. The van der Waals surface area contributed by atoms with Gasteiger partial charge in [0.05, 0.1) is 0 Å². The van der Waals surface area contributed by atoms with Gasteiger partial charge in [0.2, 0.25) is 0 Å². The van der Waals surface area contributed by atoms with Crippen LogP contribution < -0.4 is 5.32 Å². The van der Waals surface area contributed by atoms with Gasteiger partial charge >= 0.3 is 0 Å². The van der Waals surface area contributed by atoms with Crippen LogP contribution in [0.15, 0.2) is 54.6 Å². The zero-order valence-electron chi connectivity index (χ0n) is 13.8. The Balaban J connectivity index is 2.08. The lowest BCUT2D eigenvalue weighted by Gasteiger charge is -2.19. The van der Waals surface area contributed by atoms with Gasteiger partial charge in [0.15, 0.2) is 0 Å². The normalized spacial score (nSPS) is 12.5. The SMILES string of the molecule is CC(=CCNC(C)(C)C)c1ccc(-c2ccc(Cl)cc2)cc1. The molecule has 0 saturated carbocycles. The maximum Gasteiger partial charge on any atom is 0.0406 e. The third kappa shape index (κ3) is 5.01. The number of rotatable bonds is 4. The largest absolute Gasteiger partial charge is 0.309 e. The molecule has 0 saturated heterocycles. The first-order valence-corrected chi connectivity index (χ1v) is 8.01. The lowest BCUT2D eigenvalue weighted by Crippen LogP contribution is -2.35. The minimum atomic E-state index is 0.148. The van der Waals surface area contributed by atoms with Gasteiger partial charge in [-0.05, 0) is 62.1 Å². The van der Waals surface area contributed by atoms with Gasteiger partial charge in [-0.3, -0.25) is 0 Å². The summed E-state index contributed by atoms with van der Waals surface area (Å²) in [6.45, 7) is 9.57. The van der Waals surface area contributed by atoms with E-state index in [1.165, 1.54) is 22.3 Å². The fraction of sp³-hybridized carbons (Fsp3) is 0.300. The van der Waals surface area contributed by atoms with E-state index in [1.807, 2.05) is 24.3 Å². The van der Waals surface area contributed by atoms with Gasteiger partial charge in [0.25, 0.3) is 0 Å². The Kier molecular flexibility index (Phi) is 5.44. The van der Waals surface area contributed by atoms with E-state index in [4.69, 9.17) is 11.6 Å². The van der Waals surface area contributed by atoms with Crippen LogP contribution in [-0.2, 0) is 0 Å². The first kappa shape index (κ1) is 16.8. The Morgan fingerprint density at radius 1 is 0.955 bits per heavy atom. The van der Waals surface area contributed by atoms with Gasteiger partial charge in [-0.2, -0.15) is 0 Å². The molecule has 0 spiro atoms. The van der Waals surface area contributed by atoms with Crippen LogP contribution in [0.1, 0.15) is 33.3 Å². The van der Waals surface area contributed by atoms with Gasteiger partial charge in [-0.25, -0.2) is 0 Å². The minimum absolute atomic E-state index is 0.148. The summed E-state index contributed by atoms with van der Waals surface area (Å²) < 4.78 is 0. The minimum Gasteiger partial charge on any atom is -0.309 e. The molecular formula is C20H24ClN. The molecule has 0 aromatic heterocycles. The van der Waals surface area contributed by atoms with Gasteiger partial charge in [-0.15, -0.1) is 0 Å². The Labute approximate surface area is 139 Å². The van der Waals surface area contributed by atoms with Crippen molar-refractivity contribution in [2.45, 2.75) is 33.2 Å². The van der Waals surface area contributed by atoms with Crippen molar-refractivity contribution in [1.82, 2.24) is 5.32 Å². The summed E-state index contributed by atoms with van der Waals surface area (Å²) in [5, 5.41) is 4.25. The summed E-state index contributed by atoms with van der Waals surface area (Å²) >= 11 is 5.93. The Morgan fingerprint density at radius 2 is 1.45 bits per heavy atom. The summed E-state index contributed by atoms with van der Waals surface area (Å²) in [5.41, 5.74) is 5.09. The molecule has 2 rings (SSSR count). The van der Waals surface area contributed by atoms with Crippen molar-refractivity contribution in [3.63, 3.8) is 0 Å². The Morgan fingerprint density at radius 3 is 1.95 bits per heavy atom. The lowest BCUT2D eigenvalue weighted by atomic mass is 10.0. The number of benzene rings is 2. The maximum atomic E-state index is 5.93. The molecule has 0 aliphatic rings. The summed E-state index contributed by atoms with van der Waals surface area (Å²) in [4.78, 5) is 0. The fourth-order valence-corrected chi connectivity index (χ4v) is 2.32. The zero-order chi connectivity index (χ0) is 16.2. The van der Waals surface area contributed by atoms with Crippen LogP contribution in [0.2, 0.25) is 5.02 Å². The maximum absolute atomic E-state index is 5.93. The van der Waals surface area contributed by atoms with Gasteiger partial charge < -0.3 is 5.32 Å². The second-order valence-corrected chi connectivity index (χ2v) is 7.04. The number of hydrogen-bond donors (Lipinski definition) is 1. The second kappa shape index (κ2) is 7.13. The van der Waals surface area contributed by atoms with Crippen LogP contribution in [0, 0.1) is 0 Å². The van der Waals surface area contributed by atoms with E-state index in [-0.39, 0.29) is 5.54 Å². The zero-order valence-corrected chi connectivity index (χ0v) is 14.5. The highest BCUT2D eigenvalue weighted by atomic mass is 35.5. The van der Waals surface area contributed by atoms with Crippen LogP contribution in [0.25, 0.3) is 16.7 Å². The summed E-state index contributed by atoms with van der Waals surface area (Å²) in [6, 6.07) is 16.6. The summed E-state index contributed by atoms with van der Waals surface area (Å²) in [7, 11) is 0. The molecule has 2 aromatic rings. The molecule has 116 valence electrons. The second-order valence-electron chi connectivity index (χ2n) is 6.60. The molecule has 0 aliphatic heterocycles. The molecule has 1 N–H and O–H groups in total. The highest BCUT2D eigenvalue weighted by Crippen LogP contribution is 2.23. The molecule has 22 heavy (non-hydrogen) atoms. The smallest absolute Gasteiger partial charge is 0.0406 e. The quantitative estimate of drug-likeness (QED) is 0.752. The average molecular weight is 314 g/mol. The van der Waals surface area contributed by atoms with E-state index in [2.05, 4.69) is 63.4 Å². The van der Waals surface area contributed by atoms with Crippen molar-refractivity contribution < 1.29 is 0 Å². The number of hydrogen-bond acceptors (Lipinski definition) is 1. The summed E-state index contributed by atoms with van der Waals surface area (Å²) in [5.74, 6) is 0. The molecule has 0 bridgehead atoms. The average Bonchev–Trinajstić information content (AvgIpc) is 2.47. The topological polar surface area (TPSA) is 12.0 Å². The van der Waals surface area contributed by atoms with Crippen LogP contribution in [0.5, 0.6) is 0 Å². The van der Waals surface area contributed by atoms with Crippen molar-refractivity contribution in [3.8, 4) is 11.1 Å². The molecule has 0 amide bonds.